The van der Waals surface area contributed by atoms with Gasteiger partial charge in [0, 0.05) is 61.6 Å². The van der Waals surface area contributed by atoms with Gasteiger partial charge in [-0.1, -0.05) is 82.7 Å². The van der Waals surface area contributed by atoms with Crippen LogP contribution in [0.5, 0.6) is 0 Å². The minimum absolute atomic E-state index is 0.233. The van der Waals surface area contributed by atoms with Crippen molar-refractivity contribution in [3.63, 3.8) is 0 Å². The Morgan fingerprint density at radius 3 is 2.39 bits per heavy atom. The summed E-state index contributed by atoms with van der Waals surface area (Å²) in [5, 5.41) is 0. The molecule has 1 unspecified atom stereocenters. The van der Waals surface area contributed by atoms with Crippen LogP contribution in [0.4, 0.5) is 0 Å². The van der Waals surface area contributed by atoms with E-state index in [0.717, 1.165) is 48.6 Å². The highest BCUT2D eigenvalue weighted by atomic mass is 79.9. The summed E-state index contributed by atoms with van der Waals surface area (Å²) in [5.74, 6) is 1.20. The second kappa shape index (κ2) is 9.68. The van der Waals surface area contributed by atoms with Gasteiger partial charge >= 0.3 is 0 Å². The van der Waals surface area contributed by atoms with Crippen molar-refractivity contribution in [2.45, 2.75) is 24.9 Å². The third-order valence-electron chi connectivity index (χ3n) is 7.66. The molecule has 3 aromatic carbocycles. The zero-order valence-corrected chi connectivity index (χ0v) is 21.8. The first-order chi connectivity index (χ1) is 17.6. The van der Waals surface area contributed by atoms with Crippen molar-refractivity contribution >= 4 is 21.8 Å². The lowest BCUT2D eigenvalue weighted by molar-refractivity contribution is -0.133. The largest absolute Gasteiger partial charge is 0.340 e. The standard InChI is InChI=1S/C30H29BrN4O/c31-25-12-10-24(11-13-25)30(27-9-5-4-8-26(27)29-32-16-17-35(29)30)15-14-28(36)34-20-18-33(19-21-34)22-23-6-2-1-3-7-23/h1-13,16-17H,14-15,18-22H2. The third kappa shape index (κ3) is 4.08. The normalized spacial score (nSPS) is 19.2. The lowest BCUT2D eigenvalue weighted by atomic mass is 9.79. The number of fused-ring (bicyclic) bond motifs is 3. The van der Waals surface area contributed by atoms with Crippen molar-refractivity contribution < 1.29 is 4.79 Å². The highest BCUT2D eigenvalue weighted by Crippen LogP contribution is 2.49. The van der Waals surface area contributed by atoms with Gasteiger partial charge in [0.2, 0.25) is 5.91 Å². The zero-order chi connectivity index (χ0) is 24.5. The van der Waals surface area contributed by atoms with Crippen LogP contribution in [-0.4, -0.2) is 51.4 Å². The Bertz CT molecular complexity index is 1360. The molecule has 0 bridgehead atoms. The van der Waals surface area contributed by atoms with Crippen LogP contribution in [0.1, 0.15) is 29.5 Å². The molecule has 3 heterocycles. The van der Waals surface area contributed by atoms with Crippen molar-refractivity contribution in [2.75, 3.05) is 26.2 Å². The Kier molecular flexibility index (Phi) is 6.23. The number of amides is 1. The van der Waals surface area contributed by atoms with Gasteiger partial charge in [0.15, 0.2) is 0 Å². The molecule has 6 heteroatoms. The van der Waals surface area contributed by atoms with E-state index in [1.807, 2.05) is 11.1 Å². The molecule has 4 aromatic rings. The first kappa shape index (κ1) is 23.2. The lowest BCUT2D eigenvalue weighted by Crippen LogP contribution is -2.48. The number of aromatic nitrogens is 2. The maximum atomic E-state index is 13.5. The molecule has 5 nitrogen and oxygen atoms in total. The highest BCUT2D eigenvalue weighted by Gasteiger charge is 2.45. The van der Waals surface area contributed by atoms with Crippen LogP contribution in [0.25, 0.3) is 11.4 Å². The molecule has 0 N–H and O–H groups in total. The van der Waals surface area contributed by atoms with Crippen molar-refractivity contribution in [1.82, 2.24) is 19.4 Å². The SMILES string of the molecule is O=C(CCC1(c2ccc(Br)cc2)c2ccccc2-c2nccn21)N1CCN(Cc2ccccc2)CC1. The van der Waals surface area contributed by atoms with Gasteiger partial charge in [0.1, 0.15) is 5.82 Å². The highest BCUT2D eigenvalue weighted by molar-refractivity contribution is 9.10. The van der Waals surface area contributed by atoms with E-state index in [9.17, 15) is 4.79 Å². The molecular formula is C30H29BrN4O. The van der Waals surface area contributed by atoms with Gasteiger partial charge in [-0.3, -0.25) is 9.69 Å². The minimum atomic E-state index is -0.450. The summed E-state index contributed by atoms with van der Waals surface area (Å²) in [4.78, 5) is 22.7. The Labute approximate surface area is 220 Å². The van der Waals surface area contributed by atoms with Gasteiger partial charge in [-0.05, 0) is 35.2 Å². The van der Waals surface area contributed by atoms with Crippen LogP contribution >= 0.6 is 15.9 Å². The predicted octanol–water partition coefficient (Wildman–Crippen LogP) is 5.54. The predicted molar refractivity (Wildman–Crippen MR) is 146 cm³/mol. The molecule has 0 saturated carbocycles. The van der Waals surface area contributed by atoms with Gasteiger partial charge in [0.05, 0.1) is 5.54 Å². The summed E-state index contributed by atoms with van der Waals surface area (Å²) in [7, 11) is 0. The summed E-state index contributed by atoms with van der Waals surface area (Å²) in [6.45, 7) is 4.32. The number of rotatable bonds is 6. The lowest BCUT2D eigenvalue weighted by Gasteiger charge is -2.37. The van der Waals surface area contributed by atoms with Crippen LogP contribution in [0.15, 0.2) is 95.7 Å². The monoisotopic (exact) mass is 540 g/mol. The zero-order valence-electron chi connectivity index (χ0n) is 20.2. The third-order valence-corrected chi connectivity index (χ3v) is 8.19. The van der Waals surface area contributed by atoms with Crippen molar-refractivity contribution in [1.29, 1.82) is 0 Å². The molecule has 2 aliphatic rings. The molecule has 1 saturated heterocycles. The number of carbonyl (C=O) groups is 1. The molecule has 1 amide bonds. The molecule has 1 fully saturated rings. The average molecular weight is 541 g/mol. The fourth-order valence-corrected chi connectivity index (χ4v) is 6.11. The number of imidazole rings is 1. The van der Waals surface area contributed by atoms with Crippen molar-refractivity contribution in [2.24, 2.45) is 0 Å². The van der Waals surface area contributed by atoms with Gasteiger partial charge in [0.25, 0.3) is 0 Å². The molecule has 36 heavy (non-hydrogen) atoms. The number of nitrogens with zero attached hydrogens (tertiary/aromatic N) is 4. The summed E-state index contributed by atoms with van der Waals surface area (Å²) in [6.07, 6.45) is 5.11. The molecule has 0 spiro atoms. The van der Waals surface area contributed by atoms with Gasteiger partial charge in [-0.15, -0.1) is 0 Å². The fraction of sp³-hybridized carbons (Fsp3) is 0.267. The molecule has 0 aliphatic carbocycles. The molecule has 6 rings (SSSR count). The number of halogens is 1. The van der Waals surface area contributed by atoms with Gasteiger partial charge in [-0.25, -0.2) is 4.98 Å². The van der Waals surface area contributed by atoms with E-state index in [4.69, 9.17) is 0 Å². The molecule has 182 valence electrons. The Morgan fingerprint density at radius 1 is 0.889 bits per heavy atom. The topological polar surface area (TPSA) is 41.4 Å². The van der Waals surface area contributed by atoms with Crippen molar-refractivity contribution in [3.05, 3.63) is 112 Å². The van der Waals surface area contributed by atoms with Crippen LogP contribution in [0.2, 0.25) is 0 Å². The number of piperazine rings is 1. The van der Waals surface area contributed by atoms with E-state index in [1.165, 1.54) is 16.7 Å². The Hall–Kier alpha value is -3.22. The van der Waals surface area contributed by atoms with Crippen LogP contribution in [0.3, 0.4) is 0 Å². The molecule has 0 radical (unpaired) electrons. The Balaban J connectivity index is 1.22. The number of carbonyl (C=O) groups excluding carboxylic acids is 1. The smallest absolute Gasteiger partial charge is 0.222 e. The number of hydrogen-bond donors (Lipinski definition) is 0. The summed E-state index contributed by atoms with van der Waals surface area (Å²) >= 11 is 3.58. The maximum Gasteiger partial charge on any atom is 0.222 e. The van der Waals surface area contributed by atoms with Crippen LogP contribution in [0, 0.1) is 0 Å². The maximum absolute atomic E-state index is 13.5. The second-order valence-corrected chi connectivity index (χ2v) is 10.6. The Morgan fingerprint density at radius 2 is 1.61 bits per heavy atom. The van der Waals surface area contributed by atoms with E-state index < -0.39 is 5.54 Å². The molecular weight excluding hydrogens is 512 g/mol. The molecule has 1 atom stereocenters. The van der Waals surface area contributed by atoms with E-state index in [-0.39, 0.29) is 5.91 Å². The molecule has 1 aromatic heterocycles. The van der Waals surface area contributed by atoms with Gasteiger partial charge in [-0.2, -0.15) is 0 Å². The fourth-order valence-electron chi connectivity index (χ4n) is 5.84. The minimum Gasteiger partial charge on any atom is -0.340 e. The summed E-state index contributed by atoms with van der Waals surface area (Å²) in [5.41, 5.74) is 4.41. The van der Waals surface area contributed by atoms with Gasteiger partial charge < -0.3 is 9.47 Å². The van der Waals surface area contributed by atoms with E-state index >= 15 is 0 Å². The summed E-state index contributed by atoms with van der Waals surface area (Å²) in [6, 6.07) is 27.6. The second-order valence-electron chi connectivity index (χ2n) is 9.68. The van der Waals surface area contributed by atoms with E-state index in [0.29, 0.717) is 12.8 Å². The quantitative estimate of drug-likeness (QED) is 0.322. The van der Waals surface area contributed by atoms with E-state index in [2.05, 4.69) is 115 Å². The number of hydrogen-bond acceptors (Lipinski definition) is 3. The van der Waals surface area contributed by atoms with Crippen molar-refractivity contribution in [3.8, 4) is 11.4 Å². The van der Waals surface area contributed by atoms with E-state index in [1.54, 1.807) is 0 Å². The first-order valence-electron chi connectivity index (χ1n) is 12.6. The number of benzene rings is 3. The van der Waals surface area contributed by atoms with Crippen LogP contribution in [-0.2, 0) is 16.9 Å². The first-order valence-corrected chi connectivity index (χ1v) is 13.4. The van der Waals surface area contributed by atoms with Crippen LogP contribution < -0.4 is 0 Å². The average Bonchev–Trinajstić information content (AvgIpc) is 3.50. The molecule has 2 aliphatic heterocycles. The summed E-state index contributed by atoms with van der Waals surface area (Å²) < 4.78 is 3.31.